The van der Waals surface area contributed by atoms with Crippen LogP contribution in [0.3, 0.4) is 0 Å². The van der Waals surface area contributed by atoms with Crippen LogP contribution in [0, 0.1) is 0 Å². The number of rotatable bonds is 1. The molecule has 2 rings (SSSR count). The molecule has 1 fully saturated rings. The topological polar surface area (TPSA) is 37.4 Å². The van der Waals surface area contributed by atoms with E-state index < -0.39 is 0 Å². The standard InChI is InChI=1S/C10H6Br3NO2/c11-5-3-6(12)10(7(13)4-5)14-8(15)1-2-9(14)16/h3-4H,1-2H2. The second-order valence-electron chi connectivity index (χ2n) is 3.34. The highest BCUT2D eigenvalue weighted by atomic mass is 79.9. The number of imide groups is 1. The van der Waals surface area contributed by atoms with Crippen LogP contribution in [0.25, 0.3) is 0 Å². The van der Waals surface area contributed by atoms with E-state index in [0.717, 1.165) is 4.47 Å². The van der Waals surface area contributed by atoms with Crippen LogP contribution in [0.4, 0.5) is 5.69 Å². The Morgan fingerprint density at radius 1 is 0.938 bits per heavy atom. The molecule has 0 unspecified atom stereocenters. The van der Waals surface area contributed by atoms with E-state index in [0.29, 0.717) is 14.6 Å². The van der Waals surface area contributed by atoms with Crippen molar-refractivity contribution in [3.05, 3.63) is 25.6 Å². The molecule has 84 valence electrons. The summed E-state index contributed by atoms with van der Waals surface area (Å²) in [5, 5.41) is 0. The predicted octanol–water partition coefficient (Wildman–Crippen LogP) is 3.63. The lowest BCUT2D eigenvalue weighted by molar-refractivity contribution is -0.121. The average molecular weight is 412 g/mol. The van der Waals surface area contributed by atoms with Crippen molar-refractivity contribution in [1.82, 2.24) is 0 Å². The van der Waals surface area contributed by atoms with Gasteiger partial charge in [-0.1, -0.05) is 15.9 Å². The summed E-state index contributed by atoms with van der Waals surface area (Å²) in [6.45, 7) is 0. The van der Waals surface area contributed by atoms with Crippen LogP contribution in [-0.2, 0) is 9.59 Å². The normalized spacial score (nSPS) is 16.1. The van der Waals surface area contributed by atoms with Gasteiger partial charge in [0, 0.05) is 26.3 Å². The molecule has 1 heterocycles. The highest BCUT2D eigenvalue weighted by molar-refractivity contribution is 9.11. The van der Waals surface area contributed by atoms with Gasteiger partial charge in [-0.15, -0.1) is 0 Å². The molecule has 0 atom stereocenters. The first kappa shape index (κ1) is 12.3. The minimum Gasteiger partial charge on any atom is -0.274 e. The van der Waals surface area contributed by atoms with E-state index in [-0.39, 0.29) is 24.7 Å². The zero-order valence-corrected chi connectivity index (χ0v) is 12.7. The molecule has 16 heavy (non-hydrogen) atoms. The molecule has 6 heteroatoms. The maximum Gasteiger partial charge on any atom is 0.234 e. The second-order valence-corrected chi connectivity index (χ2v) is 5.97. The molecular weight excluding hydrogens is 406 g/mol. The van der Waals surface area contributed by atoms with Crippen molar-refractivity contribution in [2.24, 2.45) is 0 Å². The average Bonchev–Trinajstić information content (AvgIpc) is 2.47. The van der Waals surface area contributed by atoms with E-state index in [1.165, 1.54) is 4.90 Å². The van der Waals surface area contributed by atoms with Gasteiger partial charge in [0.1, 0.15) is 0 Å². The first-order valence-electron chi connectivity index (χ1n) is 4.51. The molecule has 0 bridgehead atoms. The van der Waals surface area contributed by atoms with Crippen LogP contribution < -0.4 is 4.90 Å². The molecule has 1 aliphatic heterocycles. The second kappa shape index (κ2) is 4.58. The lowest BCUT2D eigenvalue weighted by Crippen LogP contribution is -2.29. The molecule has 0 aliphatic carbocycles. The van der Waals surface area contributed by atoms with Crippen LogP contribution in [-0.4, -0.2) is 11.8 Å². The number of hydrogen-bond acceptors (Lipinski definition) is 2. The number of amides is 2. The minimum absolute atomic E-state index is 0.159. The molecule has 1 saturated heterocycles. The number of nitrogens with zero attached hydrogens (tertiary/aromatic N) is 1. The lowest BCUT2D eigenvalue weighted by atomic mass is 10.3. The molecule has 1 aromatic rings. The third-order valence-electron chi connectivity index (χ3n) is 2.26. The molecule has 0 radical (unpaired) electrons. The molecule has 1 aromatic carbocycles. The highest BCUT2D eigenvalue weighted by Gasteiger charge is 2.32. The Labute approximate surface area is 118 Å². The Hall–Kier alpha value is -0.200. The van der Waals surface area contributed by atoms with Gasteiger partial charge in [-0.3, -0.25) is 9.59 Å². The largest absolute Gasteiger partial charge is 0.274 e. The number of halogens is 3. The lowest BCUT2D eigenvalue weighted by Gasteiger charge is -2.17. The number of carbonyl (C=O) groups is 2. The van der Waals surface area contributed by atoms with Gasteiger partial charge in [0.25, 0.3) is 0 Å². The summed E-state index contributed by atoms with van der Waals surface area (Å²) in [5.41, 5.74) is 0.579. The van der Waals surface area contributed by atoms with Crippen LogP contribution in [0.5, 0.6) is 0 Å². The highest BCUT2D eigenvalue weighted by Crippen LogP contribution is 2.39. The fraction of sp³-hybridized carbons (Fsp3) is 0.200. The Kier molecular flexibility index (Phi) is 3.51. The Morgan fingerprint density at radius 3 is 1.81 bits per heavy atom. The maximum atomic E-state index is 11.6. The first-order chi connectivity index (χ1) is 7.50. The summed E-state index contributed by atoms with van der Waals surface area (Å²) >= 11 is 10.1. The Morgan fingerprint density at radius 2 is 1.38 bits per heavy atom. The number of anilines is 1. The smallest absolute Gasteiger partial charge is 0.234 e. The van der Waals surface area contributed by atoms with Crippen molar-refractivity contribution in [2.45, 2.75) is 12.8 Å². The van der Waals surface area contributed by atoms with Gasteiger partial charge in [-0.2, -0.15) is 0 Å². The van der Waals surface area contributed by atoms with Crippen LogP contribution in [0.1, 0.15) is 12.8 Å². The predicted molar refractivity (Wildman–Crippen MR) is 71.3 cm³/mol. The van der Waals surface area contributed by atoms with Gasteiger partial charge >= 0.3 is 0 Å². The summed E-state index contributed by atoms with van der Waals surface area (Å²) < 4.78 is 2.28. The molecular formula is C10H6Br3NO2. The van der Waals surface area contributed by atoms with Gasteiger partial charge in [-0.25, -0.2) is 4.90 Å². The zero-order chi connectivity index (χ0) is 11.9. The van der Waals surface area contributed by atoms with E-state index in [1.54, 1.807) is 12.1 Å². The minimum atomic E-state index is -0.159. The first-order valence-corrected chi connectivity index (χ1v) is 6.89. The van der Waals surface area contributed by atoms with Crippen molar-refractivity contribution in [1.29, 1.82) is 0 Å². The number of carbonyl (C=O) groups excluding carboxylic acids is 2. The van der Waals surface area contributed by atoms with Gasteiger partial charge in [0.15, 0.2) is 0 Å². The third kappa shape index (κ3) is 2.10. The van der Waals surface area contributed by atoms with Gasteiger partial charge in [0.2, 0.25) is 11.8 Å². The Bertz CT molecular complexity index is 448. The van der Waals surface area contributed by atoms with E-state index in [9.17, 15) is 9.59 Å². The number of hydrogen-bond donors (Lipinski definition) is 0. The fourth-order valence-corrected chi connectivity index (χ4v) is 4.19. The zero-order valence-electron chi connectivity index (χ0n) is 7.97. The molecule has 2 amide bonds. The van der Waals surface area contributed by atoms with Crippen LogP contribution >= 0.6 is 47.8 Å². The molecule has 0 aromatic heterocycles. The van der Waals surface area contributed by atoms with E-state index in [1.807, 2.05) is 0 Å². The van der Waals surface area contributed by atoms with Crippen molar-refractivity contribution < 1.29 is 9.59 Å². The van der Waals surface area contributed by atoms with Gasteiger partial charge in [-0.05, 0) is 44.0 Å². The van der Waals surface area contributed by atoms with Crippen molar-refractivity contribution in [3.63, 3.8) is 0 Å². The molecule has 0 spiro atoms. The van der Waals surface area contributed by atoms with E-state index in [4.69, 9.17) is 0 Å². The fourth-order valence-electron chi connectivity index (χ4n) is 1.57. The van der Waals surface area contributed by atoms with E-state index in [2.05, 4.69) is 47.8 Å². The summed E-state index contributed by atoms with van der Waals surface area (Å²) in [6, 6.07) is 3.61. The van der Waals surface area contributed by atoms with Crippen molar-refractivity contribution >= 4 is 65.3 Å². The summed E-state index contributed by atoms with van der Waals surface area (Å²) in [4.78, 5) is 24.5. The maximum absolute atomic E-state index is 11.6. The molecule has 1 aliphatic rings. The summed E-state index contributed by atoms with van der Waals surface area (Å²) in [5.74, 6) is -0.317. The van der Waals surface area contributed by atoms with Gasteiger partial charge in [0.05, 0.1) is 5.69 Å². The SMILES string of the molecule is O=C1CCC(=O)N1c1c(Br)cc(Br)cc1Br. The summed E-state index contributed by atoms with van der Waals surface area (Å²) in [6.07, 6.45) is 0.571. The number of benzene rings is 1. The molecule has 0 N–H and O–H groups in total. The summed E-state index contributed by atoms with van der Waals surface area (Å²) in [7, 11) is 0. The molecule has 0 saturated carbocycles. The quantitative estimate of drug-likeness (QED) is 0.662. The Balaban J connectivity index is 2.55. The monoisotopic (exact) mass is 409 g/mol. The van der Waals surface area contributed by atoms with Gasteiger partial charge < -0.3 is 0 Å². The van der Waals surface area contributed by atoms with Crippen LogP contribution in [0.15, 0.2) is 25.6 Å². The van der Waals surface area contributed by atoms with Crippen molar-refractivity contribution in [3.8, 4) is 0 Å². The van der Waals surface area contributed by atoms with E-state index >= 15 is 0 Å². The third-order valence-corrected chi connectivity index (χ3v) is 3.92. The van der Waals surface area contributed by atoms with Crippen LogP contribution in [0.2, 0.25) is 0 Å². The molecule has 3 nitrogen and oxygen atoms in total. The van der Waals surface area contributed by atoms with Crippen molar-refractivity contribution in [2.75, 3.05) is 4.90 Å².